The number of hydrogen-bond donors (Lipinski definition) is 1. The van der Waals surface area contributed by atoms with Gasteiger partial charge < -0.3 is 15.0 Å². The summed E-state index contributed by atoms with van der Waals surface area (Å²) in [5.74, 6) is 0.847. The van der Waals surface area contributed by atoms with Crippen molar-refractivity contribution in [2.24, 2.45) is 0 Å². The Hall–Kier alpha value is -1.26. The normalized spacial score (nSPS) is 20.6. The lowest BCUT2D eigenvalue weighted by Crippen LogP contribution is -2.44. The predicted octanol–water partition coefficient (Wildman–Crippen LogP) is 1.78. The minimum atomic E-state index is 0. The molecule has 2 aliphatic rings. The van der Waals surface area contributed by atoms with E-state index >= 15 is 0 Å². The van der Waals surface area contributed by atoms with Crippen LogP contribution in [-0.2, 0) is 6.42 Å². The molecule has 1 aromatic carbocycles. The molecule has 1 amide bonds. The molecule has 0 aromatic heterocycles. The van der Waals surface area contributed by atoms with Crippen molar-refractivity contribution in [3.8, 4) is 5.75 Å². The van der Waals surface area contributed by atoms with Gasteiger partial charge in [0.05, 0.1) is 18.7 Å². The molecule has 0 spiro atoms. The van der Waals surface area contributed by atoms with Crippen LogP contribution < -0.4 is 10.1 Å². The Balaban J connectivity index is 0.00000133. The molecule has 0 radical (unpaired) electrons. The Labute approximate surface area is 119 Å². The summed E-state index contributed by atoms with van der Waals surface area (Å²) in [5.41, 5.74) is 3.12. The van der Waals surface area contributed by atoms with Crippen molar-refractivity contribution in [3.05, 3.63) is 28.8 Å². The summed E-state index contributed by atoms with van der Waals surface area (Å²) < 4.78 is 5.41. The van der Waals surface area contributed by atoms with Gasteiger partial charge in [0.1, 0.15) is 5.75 Å². The highest BCUT2D eigenvalue weighted by molar-refractivity contribution is 6.02. The molecule has 1 N–H and O–H groups in total. The number of halogens is 1. The van der Waals surface area contributed by atoms with Crippen molar-refractivity contribution in [1.82, 2.24) is 10.2 Å². The summed E-state index contributed by atoms with van der Waals surface area (Å²) in [4.78, 5) is 14.4. The van der Waals surface area contributed by atoms with E-state index in [1.165, 1.54) is 5.56 Å². The molecule has 0 unspecified atom stereocenters. The summed E-state index contributed by atoms with van der Waals surface area (Å²) in [6.07, 6.45) is 0.956. The average molecular weight is 283 g/mol. The number of nitrogens with zero attached hydrogens (tertiary/aromatic N) is 1. The molecule has 5 heteroatoms. The number of ether oxygens (including phenoxy) is 1. The van der Waals surface area contributed by atoms with Gasteiger partial charge in [0.15, 0.2) is 0 Å². The van der Waals surface area contributed by atoms with Crippen LogP contribution in [0.25, 0.3) is 0 Å². The first-order valence-electron chi connectivity index (χ1n) is 6.48. The second-order valence-electron chi connectivity index (χ2n) is 4.83. The smallest absolute Gasteiger partial charge is 0.258 e. The molecular weight excluding hydrogens is 264 g/mol. The molecular formula is C14H19ClN2O2. The number of hydrogen-bond acceptors (Lipinski definition) is 3. The summed E-state index contributed by atoms with van der Waals surface area (Å²) in [5, 5.41) is 3.36. The Morgan fingerprint density at radius 3 is 2.95 bits per heavy atom. The van der Waals surface area contributed by atoms with Crippen LogP contribution in [0.5, 0.6) is 5.75 Å². The van der Waals surface area contributed by atoms with Crippen LogP contribution in [0.15, 0.2) is 12.1 Å². The van der Waals surface area contributed by atoms with Crippen LogP contribution >= 0.6 is 12.4 Å². The van der Waals surface area contributed by atoms with Crippen molar-refractivity contribution in [3.63, 3.8) is 0 Å². The number of nitrogens with one attached hydrogen (secondary N) is 1. The first-order valence-corrected chi connectivity index (χ1v) is 6.48. The summed E-state index contributed by atoms with van der Waals surface area (Å²) in [6.45, 7) is 4.62. The second kappa shape index (κ2) is 5.39. The maximum Gasteiger partial charge on any atom is 0.258 e. The van der Waals surface area contributed by atoms with Gasteiger partial charge in [-0.25, -0.2) is 0 Å². The van der Waals surface area contributed by atoms with Gasteiger partial charge in [-0.05, 0) is 23.6 Å². The van der Waals surface area contributed by atoms with Crippen LogP contribution in [-0.4, -0.2) is 37.6 Å². The zero-order valence-corrected chi connectivity index (χ0v) is 12.0. The molecule has 2 heterocycles. The first kappa shape index (κ1) is 14.2. The van der Waals surface area contributed by atoms with Gasteiger partial charge in [0.25, 0.3) is 5.91 Å². The molecule has 4 nitrogen and oxygen atoms in total. The third kappa shape index (κ3) is 2.09. The summed E-state index contributed by atoms with van der Waals surface area (Å²) in [7, 11) is 1.64. The van der Waals surface area contributed by atoms with Gasteiger partial charge in [-0.1, -0.05) is 13.0 Å². The van der Waals surface area contributed by atoms with Crippen LogP contribution in [0.2, 0.25) is 0 Å². The predicted molar refractivity (Wildman–Crippen MR) is 76.3 cm³/mol. The van der Waals surface area contributed by atoms with Crippen molar-refractivity contribution in [2.75, 3.05) is 26.7 Å². The molecule has 19 heavy (non-hydrogen) atoms. The molecule has 2 aliphatic heterocycles. The van der Waals surface area contributed by atoms with E-state index in [2.05, 4.69) is 18.3 Å². The van der Waals surface area contributed by atoms with Gasteiger partial charge in [-0.2, -0.15) is 0 Å². The van der Waals surface area contributed by atoms with E-state index in [1.807, 2.05) is 11.0 Å². The zero-order chi connectivity index (χ0) is 12.7. The minimum Gasteiger partial charge on any atom is -0.496 e. The third-order valence-corrected chi connectivity index (χ3v) is 3.90. The quantitative estimate of drug-likeness (QED) is 0.899. The fourth-order valence-corrected chi connectivity index (χ4v) is 2.92. The molecule has 1 saturated heterocycles. The van der Waals surface area contributed by atoms with Gasteiger partial charge in [0.2, 0.25) is 0 Å². The van der Waals surface area contributed by atoms with Crippen LogP contribution in [0, 0.1) is 0 Å². The van der Waals surface area contributed by atoms with Gasteiger partial charge in [-0.3, -0.25) is 4.79 Å². The third-order valence-electron chi connectivity index (χ3n) is 3.90. The Morgan fingerprint density at radius 1 is 1.47 bits per heavy atom. The summed E-state index contributed by atoms with van der Waals surface area (Å²) in [6, 6.07) is 4.33. The number of aryl methyl sites for hydroxylation is 1. The van der Waals surface area contributed by atoms with E-state index in [4.69, 9.17) is 4.74 Å². The highest BCUT2D eigenvalue weighted by Gasteiger charge is 2.40. The van der Waals surface area contributed by atoms with Crippen molar-refractivity contribution in [1.29, 1.82) is 0 Å². The lowest BCUT2D eigenvalue weighted by atomic mass is 9.98. The fraction of sp³-hybridized carbons (Fsp3) is 0.500. The summed E-state index contributed by atoms with van der Waals surface area (Å²) >= 11 is 0. The highest BCUT2D eigenvalue weighted by Crippen LogP contribution is 2.40. The number of methoxy groups -OCH3 is 1. The van der Waals surface area contributed by atoms with Crippen LogP contribution in [0.3, 0.4) is 0 Å². The lowest BCUT2D eigenvalue weighted by Gasteiger charge is -2.30. The number of rotatable bonds is 2. The van der Waals surface area contributed by atoms with E-state index in [0.717, 1.165) is 42.9 Å². The molecule has 3 rings (SSSR count). The standard InChI is InChI=1S/C14H18N2O2.ClH/c1-3-9-6-10-11-8-15-4-5-16(11)14(17)13(10)12(7-9)18-2;/h6-7,11,15H,3-5,8H2,1-2H3;1H/t11-;/m0./s1. The lowest BCUT2D eigenvalue weighted by molar-refractivity contribution is 0.0689. The average Bonchev–Trinajstić information content (AvgIpc) is 2.72. The van der Waals surface area contributed by atoms with E-state index in [-0.39, 0.29) is 24.4 Å². The molecule has 104 valence electrons. The molecule has 1 aromatic rings. The molecule has 1 fully saturated rings. The Morgan fingerprint density at radius 2 is 2.26 bits per heavy atom. The number of carbonyl (C=O) groups is 1. The van der Waals surface area contributed by atoms with Crippen molar-refractivity contribution >= 4 is 18.3 Å². The van der Waals surface area contributed by atoms with Crippen molar-refractivity contribution in [2.45, 2.75) is 19.4 Å². The number of piperazine rings is 1. The highest BCUT2D eigenvalue weighted by atomic mass is 35.5. The van der Waals surface area contributed by atoms with E-state index < -0.39 is 0 Å². The zero-order valence-electron chi connectivity index (χ0n) is 11.2. The molecule has 0 aliphatic carbocycles. The maximum atomic E-state index is 12.4. The second-order valence-corrected chi connectivity index (χ2v) is 4.83. The Kier molecular flexibility index (Phi) is 4.02. The number of benzene rings is 1. The minimum absolute atomic E-state index is 0. The largest absolute Gasteiger partial charge is 0.496 e. The van der Waals surface area contributed by atoms with Crippen molar-refractivity contribution < 1.29 is 9.53 Å². The number of amides is 1. The maximum absolute atomic E-state index is 12.4. The monoisotopic (exact) mass is 282 g/mol. The van der Waals surface area contributed by atoms with E-state index in [9.17, 15) is 4.79 Å². The SMILES string of the molecule is CCc1cc(OC)c2c(c1)[C@@H]1CNCCN1C2=O.Cl. The van der Waals surface area contributed by atoms with E-state index in [0.29, 0.717) is 0 Å². The first-order chi connectivity index (χ1) is 8.76. The van der Waals surface area contributed by atoms with Crippen LogP contribution in [0.1, 0.15) is 34.5 Å². The molecule has 0 saturated carbocycles. The number of fused-ring (bicyclic) bond motifs is 3. The van der Waals surface area contributed by atoms with Gasteiger partial charge in [-0.15, -0.1) is 12.4 Å². The molecule has 1 atom stereocenters. The van der Waals surface area contributed by atoms with Crippen LogP contribution in [0.4, 0.5) is 0 Å². The Bertz CT molecular complexity index is 504. The van der Waals surface area contributed by atoms with E-state index in [1.54, 1.807) is 7.11 Å². The van der Waals surface area contributed by atoms with Gasteiger partial charge in [0, 0.05) is 19.6 Å². The van der Waals surface area contributed by atoms with Gasteiger partial charge >= 0.3 is 0 Å². The molecule has 0 bridgehead atoms. The topological polar surface area (TPSA) is 41.6 Å². The fourth-order valence-electron chi connectivity index (χ4n) is 2.92. The number of carbonyl (C=O) groups excluding carboxylic acids is 1.